The standard InChI is InChI=1S/C13H14ClNO/c1-8(5-6-16)10-3-4-12-11(13(10)14)7-9(2)15-12/h3-4,6-8,15H,5H2,1-2H3. The molecule has 1 atom stereocenters. The van der Waals surface area contributed by atoms with Gasteiger partial charge in [-0.15, -0.1) is 0 Å². The minimum atomic E-state index is 0.171. The average molecular weight is 236 g/mol. The van der Waals surface area contributed by atoms with Gasteiger partial charge in [0.1, 0.15) is 6.29 Å². The lowest BCUT2D eigenvalue weighted by Gasteiger charge is -2.10. The predicted octanol–water partition coefficient (Wildman–Crippen LogP) is 3.82. The highest BCUT2D eigenvalue weighted by molar-refractivity contribution is 6.36. The van der Waals surface area contributed by atoms with Crippen molar-refractivity contribution in [3.05, 3.63) is 34.5 Å². The Balaban J connectivity index is 2.55. The third-order valence-electron chi connectivity index (χ3n) is 2.88. The van der Waals surface area contributed by atoms with Gasteiger partial charge in [-0.05, 0) is 30.5 Å². The second-order valence-corrected chi connectivity index (χ2v) is 4.56. The first kappa shape index (κ1) is 11.2. The van der Waals surface area contributed by atoms with Crippen LogP contribution in [0.5, 0.6) is 0 Å². The van der Waals surface area contributed by atoms with Crippen LogP contribution in [0.25, 0.3) is 10.9 Å². The minimum Gasteiger partial charge on any atom is -0.359 e. The Morgan fingerprint density at radius 2 is 2.25 bits per heavy atom. The van der Waals surface area contributed by atoms with E-state index in [1.165, 1.54) is 0 Å². The molecule has 16 heavy (non-hydrogen) atoms. The first-order chi connectivity index (χ1) is 7.63. The monoisotopic (exact) mass is 235 g/mol. The molecule has 0 aliphatic heterocycles. The maximum Gasteiger partial charge on any atom is 0.120 e. The van der Waals surface area contributed by atoms with Crippen LogP contribution in [0.2, 0.25) is 5.02 Å². The summed E-state index contributed by atoms with van der Waals surface area (Å²) in [7, 11) is 0. The van der Waals surface area contributed by atoms with Crippen molar-refractivity contribution < 1.29 is 4.79 Å². The summed E-state index contributed by atoms with van der Waals surface area (Å²) >= 11 is 6.35. The van der Waals surface area contributed by atoms with Crippen LogP contribution in [-0.2, 0) is 4.79 Å². The van der Waals surface area contributed by atoms with Gasteiger partial charge in [0.05, 0.1) is 5.02 Å². The Hall–Kier alpha value is -1.28. The number of benzene rings is 1. The number of rotatable bonds is 3. The number of hydrogen-bond acceptors (Lipinski definition) is 1. The van der Waals surface area contributed by atoms with Gasteiger partial charge in [-0.2, -0.15) is 0 Å². The van der Waals surface area contributed by atoms with E-state index in [2.05, 4.69) is 4.98 Å². The Kier molecular flexibility index (Phi) is 3.01. The maximum absolute atomic E-state index is 10.5. The van der Waals surface area contributed by atoms with Crippen LogP contribution in [0, 0.1) is 6.92 Å². The number of aldehydes is 1. The van der Waals surface area contributed by atoms with Crippen molar-refractivity contribution in [3.8, 4) is 0 Å². The molecule has 0 spiro atoms. The van der Waals surface area contributed by atoms with Gasteiger partial charge >= 0.3 is 0 Å². The van der Waals surface area contributed by atoms with Crippen LogP contribution in [-0.4, -0.2) is 11.3 Å². The largest absolute Gasteiger partial charge is 0.359 e. The predicted molar refractivity (Wildman–Crippen MR) is 67.1 cm³/mol. The number of aromatic nitrogens is 1. The van der Waals surface area contributed by atoms with Gasteiger partial charge in [0.25, 0.3) is 0 Å². The van der Waals surface area contributed by atoms with E-state index >= 15 is 0 Å². The fourth-order valence-electron chi connectivity index (χ4n) is 1.98. The quantitative estimate of drug-likeness (QED) is 0.806. The van der Waals surface area contributed by atoms with E-state index < -0.39 is 0 Å². The van der Waals surface area contributed by atoms with Crippen molar-refractivity contribution in [1.82, 2.24) is 4.98 Å². The summed E-state index contributed by atoms with van der Waals surface area (Å²) in [5.41, 5.74) is 3.18. The van der Waals surface area contributed by atoms with E-state index in [-0.39, 0.29) is 5.92 Å². The van der Waals surface area contributed by atoms with Crippen molar-refractivity contribution in [2.75, 3.05) is 0 Å². The SMILES string of the molecule is Cc1cc2c(Cl)c(C(C)CC=O)ccc2[nH]1. The van der Waals surface area contributed by atoms with E-state index in [1.807, 2.05) is 32.0 Å². The number of carbonyl (C=O) groups is 1. The van der Waals surface area contributed by atoms with Crippen LogP contribution in [0.4, 0.5) is 0 Å². The van der Waals surface area contributed by atoms with Gasteiger partial charge < -0.3 is 9.78 Å². The molecule has 0 bridgehead atoms. The molecule has 2 rings (SSSR count). The van der Waals surface area contributed by atoms with Gasteiger partial charge in [-0.1, -0.05) is 24.6 Å². The molecule has 1 aromatic heterocycles. The summed E-state index contributed by atoms with van der Waals surface area (Å²) < 4.78 is 0. The van der Waals surface area contributed by atoms with Gasteiger partial charge in [-0.25, -0.2) is 0 Å². The van der Waals surface area contributed by atoms with Crippen LogP contribution in [0.15, 0.2) is 18.2 Å². The molecule has 0 saturated heterocycles. The molecule has 2 aromatic rings. The fourth-order valence-corrected chi connectivity index (χ4v) is 2.38. The Morgan fingerprint density at radius 3 is 2.94 bits per heavy atom. The van der Waals surface area contributed by atoms with Crippen molar-refractivity contribution >= 4 is 28.8 Å². The highest BCUT2D eigenvalue weighted by Gasteiger charge is 2.12. The normalized spacial score (nSPS) is 12.9. The van der Waals surface area contributed by atoms with Crippen LogP contribution in [0.3, 0.4) is 0 Å². The summed E-state index contributed by atoms with van der Waals surface area (Å²) in [6.07, 6.45) is 1.45. The summed E-state index contributed by atoms with van der Waals surface area (Å²) in [6.45, 7) is 4.02. The zero-order valence-electron chi connectivity index (χ0n) is 9.38. The van der Waals surface area contributed by atoms with Crippen LogP contribution < -0.4 is 0 Å². The van der Waals surface area contributed by atoms with Crippen molar-refractivity contribution in [2.24, 2.45) is 0 Å². The Labute approximate surface area is 99.6 Å². The third-order valence-corrected chi connectivity index (χ3v) is 3.30. The lowest BCUT2D eigenvalue weighted by molar-refractivity contribution is -0.108. The van der Waals surface area contributed by atoms with Gasteiger partial charge in [0.15, 0.2) is 0 Å². The van der Waals surface area contributed by atoms with Crippen molar-refractivity contribution in [3.63, 3.8) is 0 Å². The molecular formula is C13H14ClNO. The number of aryl methyl sites for hydroxylation is 1. The molecule has 1 aromatic carbocycles. The topological polar surface area (TPSA) is 32.9 Å². The lowest BCUT2D eigenvalue weighted by Crippen LogP contribution is -1.95. The molecule has 1 heterocycles. The second-order valence-electron chi connectivity index (χ2n) is 4.19. The summed E-state index contributed by atoms with van der Waals surface area (Å²) in [4.78, 5) is 13.8. The zero-order chi connectivity index (χ0) is 11.7. The molecule has 0 fully saturated rings. The number of halogens is 1. The Bertz CT molecular complexity index is 530. The number of nitrogens with one attached hydrogen (secondary N) is 1. The number of fused-ring (bicyclic) bond motifs is 1. The van der Waals surface area contributed by atoms with E-state index in [4.69, 9.17) is 11.6 Å². The molecule has 3 heteroatoms. The first-order valence-electron chi connectivity index (χ1n) is 5.35. The average Bonchev–Trinajstić information content (AvgIpc) is 2.60. The molecular weight excluding hydrogens is 222 g/mol. The molecule has 1 unspecified atom stereocenters. The maximum atomic E-state index is 10.5. The highest BCUT2D eigenvalue weighted by Crippen LogP contribution is 2.33. The summed E-state index contributed by atoms with van der Waals surface area (Å²) in [5, 5.41) is 1.80. The zero-order valence-corrected chi connectivity index (χ0v) is 10.1. The number of carbonyl (C=O) groups excluding carboxylic acids is 1. The molecule has 0 aliphatic rings. The van der Waals surface area contributed by atoms with Crippen molar-refractivity contribution in [2.45, 2.75) is 26.2 Å². The molecule has 2 nitrogen and oxygen atoms in total. The molecule has 0 aliphatic carbocycles. The summed E-state index contributed by atoms with van der Waals surface area (Å²) in [6, 6.07) is 6.05. The smallest absolute Gasteiger partial charge is 0.120 e. The fraction of sp³-hybridized carbons (Fsp3) is 0.308. The first-order valence-corrected chi connectivity index (χ1v) is 5.72. The molecule has 0 saturated carbocycles. The number of hydrogen-bond donors (Lipinski definition) is 1. The van der Waals surface area contributed by atoms with E-state index in [1.54, 1.807) is 0 Å². The molecule has 84 valence electrons. The molecule has 0 radical (unpaired) electrons. The van der Waals surface area contributed by atoms with E-state index in [0.717, 1.165) is 33.5 Å². The van der Waals surface area contributed by atoms with Gasteiger partial charge in [0.2, 0.25) is 0 Å². The lowest BCUT2D eigenvalue weighted by atomic mass is 9.97. The molecule has 0 amide bonds. The van der Waals surface area contributed by atoms with Crippen LogP contribution in [0.1, 0.15) is 30.5 Å². The van der Waals surface area contributed by atoms with Crippen molar-refractivity contribution in [1.29, 1.82) is 0 Å². The van der Waals surface area contributed by atoms with E-state index in [0.29, 0.717) is 6.42 Å². The Morgan fingerprint density at radius 1 is 1.50 bits per heavy atom. The molecule has 1 N–H and O–H groups in total. The minimum absolute atomic E-state index is 0.171. The van der Waals surface area contributed by atoms with Gasteiger partial charge in [-0.3, -0.25) is 0 Å². The second kappa shape index (κ2) is 4.30. The van der Waals surface area contributed by atoms with Crippen LogP contribution >= 0.6 is 11.6 Å². The van der Waals surface area contributed by atoms with Gasteiger partial charge in [0, 0.05) is 23.0 Å². The summed E-state index contributed by atoms with van der Waals surface area (Å²) in [5.74, 6) is 0.171. The number of H-pyrrole nitrogens is 1. The number of aromatic amines is 1. The van der Waals surface area contributed by atoms with E-state index in [9.17, 15) is 4.79 Å². The highest BCUT2D eigenvalue weighted by atomic mass is 35.5. The third kappa shape index (κ3) is 1.85.